The van der Waals surface area contributed by atoms with E-state index in [1.54, 1.807) is 25.3 Å². The second-order valence-electron chi connectivity index (χ2n) is 6.58. The average molecular weight is 288 g/mol. The van der Waals surface area contributed by atoms with Gasteiger partial charge in [0.05, 0.1) is 12.8 Å². The van der Waals surface area contributed by atoms with Crippen molar-refractivity contribution in [2.24, 2.45) is 17.8 Å². The smallest absolute Gasteiger partial charge is 0.253 e. The van der Waals surface area contributed by atoms with Crippen molar-refractivity contribution in [3.8, 4) is 5.75 Å². The molecule has 0 aliphatic heterocycles. The molecule has 4 heteroatoms. The molecule has 2 aliphatic rings. The lowest BCUT2D eigenvalue weighted by Crippen LogP contribution is -2.33. The molecule has 1 aromatic rings. The Balaban J connectivity index is 1.65. The molecule has 1 aromatic carbocycles. The maximum atomic E-state index is 12.5. The molecular formula is C17H24N2O2. The van der Waals surface area contributed by atoms with Crippen molar-refractivity contribution in [2.75, 3.05) is 26.4 Å². The van der Waals surface area contributed by atoms with Crippen LogP contribution in [-0.4, -0.2) is 31.5 Å². The summed E-state index contributed by atoms with van der Waals surface area (Å²) in [6.45, 7) is 0.867. The highest BCUT2D eigenvalue weighted by atomic mass is 16.5. The Hall–Kier alpha value is -1.71. The third-order valence-corrected chi connectivity index (χ3v) is 5.22. The number of ether oxygens (including phenoxy) is 1. The minimum absolute atomic E-state index is 0.0483. The Morgan fingerprint density at radius 1 is 1.38 bits per heavy atom. The van der Waals surface area contributed by atoms with Crippen LogP contribution in [0.3, 0.4) is 0 Å². The van der Waals surface area contributed by atoms with Crippen LogP contribution >= 0.6 is 0 Å². The van der Waals surface area contributed by atoms with E-state index in [0.29, 0.717) is 22.9 Å². The highest BCUT2D eigenvalue weighted by Gasteiger charge is 2.40. The van der Waals surface area contributed by atoms with Crippen molar-refractivity contribution < 1.29 is 9.53 Å². The molecule has 0 saturated heterocycles. The summed E-state index contributed by atoms with van der Waals surface area (Å²) in [6.07, 6.45) is 5.43. The molecule has 2 N–H and O–H groups in total. The second-order valence-corrected chi connectivity index (χ2v) is 6.58. The lowest BCUT2D eigenvalue weighted by Gasteiger charge is -2.27. The van der Waals surface area contributed by atoms with Gasteiger partial charge in [0.1, 0.15) is 5.75 Å². The predicted molar refractivity (Wildman–Crippen MR) is 83.3 cm³/mol. The number of benzene rings is 1. The molecule has 2 bridgehead atoms. The normalized spacial score (nSPS) is 26.9. The summed E-state index contributed by atoms with van der Waals surface area (Å²) in [5, 5.41) is 0. The quantitative estimate of drug-likeness (QED) is 0.867. The maximum Gasteiger partial charge on any atom is 0.253 e. The van der Waals surface area contributed by atoms with Gasteiger partial charge in [0, 0.05) is 19.2 Å². The van der Waals surface area contributed by atoms with E-state index in [2.05, 4.69) is 0 Å². The fourth-order valence-electron chi connectivity index (χ4n) is 4.12. The molecule has 0 spiro atoms. The van der Waals surface area contributed by atoms with E-state index in [-0.39, 0.29) is 5.91 Å². The van der Waals surface area contributed by atoms with Crippen molar-refractivity contribution >= 4 is 11.6 Å². The van der Waals surface area contributed by atoms with Crippen LogP contribution in [0.1, 0.15) is 36.0 Å². The van der Waals surface area contributed by atoms with Gasteiger partial charge < -0.3 is 15.4 Å². The van der Waals surface area contributed by atoms with E-state index in [1.807, 2.05) is 11.9 Å². The zero-order valence-electron chi connectivity index (χ0n) is 12.8. The number of amides is 1. The SMILES string of the molecule is COc1ccc(C(=O)N(C)CC2CC3CCC2C3)cc1N. The van der Waals surface area contributed by atoms with E-state index in [0.717, 1.165) is 18.4 Å². The van der Waals surface area contributed by atoms with E-state index in [9.17, 15) is 4.79 Å². The Kier molecular flexibility index (Phi) is 3.79. The average Bonchev–Trinajstić information content (AvgIpc) is 3.08. The highest BCUT2D eigenvalue weighted by molar-refractivity contribution is 5.95. The molecular weight excluding hydrogens is 264 g/mol. The molecule has 21 heavy (non-hydrogen) atoms. The lowest BCUT2D eigenvalue weighted by atomic mass is 9.88. The first-order valence-corrected chi connectivity index (χ1v) is 7.77. The van der Waals surface area contributed by atoms with Gasteiger partial charge in [0.25, 0.3) is 5.91 Å². The fourth-order valence-corrected chi connectivity index (χ4v) is 4.12. The molecule has 4 nitrogen and oxygen atoms in total. The number of rotatable bonds is 4. The second kappa shape index (κ2) is 5.58. The van der Waals surface area contributed by atoms with E-state index >= 15 is 0 Å². The van der Waals surface area contributed by atoms with Crippen molar-refractivity contribution in [1.29, 1.82) is 0 Å². The Bertz CT molecular complexity index is 544. The lowest BCUT2D eigenvalue weighted by molar-refractivity contribution is 0.0754. The van der Waals surface area contributed by atoms with Gasteiger partial charge in [-0.15, -0.1) is 0 Å². The van der Waals surface area contributed by atoms with Crippen molar-refractivity contribution in [2.45, 2.75) is 25.7 Å². The summed E-state index contributed by atoms with van der Waals surface area (Å²) in [6, 6.07) is 5.25. The minimum Gasteiger partial charge on any atom is -0.495 e. The number of fused-ring (bicyclic) bond motifs is 2. The van der Waals surface area contributed by atoms with Crippen LogP contribution in [0, 0.1) is 17.8 Å². The molecule has 2 saturated carbocycles. The van der Waals surface area contributed by atoms with Crippen LogP contribution < -0.4 is 10.5 Å². The molecule has 2 aliphatic carbocycles. The van der Waals surface area contributed by atoms with E-state index in [4.69, 9.17) is 10.5 Å². The summed E-state index contributed by atoms with van der Waals surface area (Å²) in [5.41, 5.74) is 7.04. The predicted octanol–water partition coefficient (Wildman–Crippen LogP) is 2.79. The number of nitrogens with zero attached hydrogens (tertiary/aromatic N) is 1. The summed E-state index contributed by atoms with van der Waals surface area (Å²) in [5.74, 6) is 3.11. The fraction of sp³-hybridized carbons (Fsp3) is 0.588. The van der Waals surface area contributed by atoms with Gasteiger partial charge in [0.2, 0.25) is 0 Å². The molecule has 3 rings (SSSR count). The molecule has 2 fully saturated rings. The number of methoxy groups -OCH3 is 1. The number of carbonyl (C=O) groups is 1. The summed E-state index contributed by atoms with van der Waals surface area (Å²) in [4.78, 5) is 14.4. The zero-order chi connectivity index (χ0) is 15.0. The third kappa shape index (κ3) is 2.71. The van der Waals surface area contributed by atoms with Crippen LogP contribution in [0.15, 0.2) is 18.2 Å². The molecule has 3 unspecified atom stereocenters. The van der Waals surface area contributed by atoms with Gasteiger partial charge in [-0.3, -0.25) is 4.79 Å². The Labute approximate surface area is 126 Å². The van der Waals surface area contributed by atoms with Gasteiger partial charge in [0.15, 0.2) is 0 Å². The minimum atomic E-state index is 0.0483. The topological polar surface area (TPSA) is 55.6 Å². The zero-order valence-corrected chi connectivity index (χ0v) is 12.8. The van der Waals surface area contributed by atoms with Gasteiger partial charge in [-0.25, -0.2) is 0 Å². The highest BCUT2D eigenvalue weighted by Crippen LogP contribution is 2.48. The first kappa shape index (κ1) is 14.2. The van der Waals surface area contributed by atoms with Crippen molar-refractivity contribution in [1.82, 2.24) is 4.90 Å². The molecule has 0 radical (unpaired) electrons. The molecule has 0 heterocycles. The van der Waals surface area contributed by atoms with Crippen LogP contribution in [-0.2, 0) is 0 Å². The summed E-state index contributed by atoms with van der Waals surface area (Å²) < 4.78 is 5.13. The van der Waals surface area contributed by atoms with Crippen molar-refractivity contribution in [3.63, 3.8) is 0 Å². The number of nitrogen functional groups attached to an aromatic ring is 1. The molecule has 114 valence electrons. The van der Waals surface area contributed by atoms with Gasteiger partial charge in [-0.05, 0) is 55.2 Å². The largest absolute Gasteiger partial charge is 0.495 e. The Morgan fingerprint density at radius 3 is 2.76 bits per heavy atom. The number of hydrogen-bond acceptors (Lipinski definition) is 3. The van der Waals surface area contributed by atoms with Crippen LogP contribution in [0.25, 0.3) is 0 Å². The third-order valence-electron chi connectivity index (χ3n) is 5.22. The number of anilines is 1. The number of hydrogen-bond donors (Lipinski definition) is 1. The van der Waals surface area contributed by atoms with Crippen molar-refractivity contribution in [3.05, 3.63) is 23.8 Å². The van der Waals surface area contributed by atoms with Crippen LogP contribution in [0.5, 0.6) is 5.75 Å². The number of nitrogens with two attached hydrogens (primary N) is 1. The maximum absolute atomic E-state index is 12.5. The van der Waals surface area contributed by atoms with E-state index < -0.39 is 0 Å². The van der Waals surface area contributed by atoms with Gasteiger partial charge in [-0.2, -0.15) is 0 Å². The first-order valence-electron chi connectivity index (χ1n) is 7.77. The molecule has 1 amide bonds. The number of carbonyl (C=O) groups excluding carboxylic acids is 1. The van der Waals surface area contributed by atoms with Crippen LogP contribution in [0.4, 0.5) is 5.69 Å². The van der Waals surface area contributed by atoms with E-state index in [1.165, 1.54) is 25.7 Å². The summed E-state index contributed by atoms with van der Waals surface area (Å²) >= 11 is 0. The Morgan fingerprint density at radius 2 is 2.19 bits per heavy atom. The van der Waals surface area contributed by atoms with Crippen LogP contribution in [0.2, 0.25) is 0 Å². The summed E-state index contributed by atoms with van der Waals surface area (Å²) in [7, 11) is 3.48. The standard InChI is InChI=1S/C17H24N2O2/c1-19(10-14-8-11-3-4-12(14)7-11)17(20)13-5-6-16(21-2)15(18)9-13/h5-6,9,11-12,14H,3-4,7-8,10,18H2,1-2H3. The monoisotopic (exact) mass is 288 g/mol. The molecule has 0 aromatic heterocycles. The molecule has 3 atom stereocenters. The van der Waals surface area contributed by atoms with Gasteiger partial charge in [-0.1, -0.05) is 6.42 Å². The first-order chi connectivity index (χ1) is 10.1. The van der Waals surface area contributed by atoms with Gasteiger partial charge >= 0.3 is 0 Å².